The van der Waals surface area contributed by atoms with Gasteiger partial charge in [-0.15, -0.1) is 0 Å². The molecule has 0 spiro atoms. The minimum atomic E-state index is -4.61. The van der Waals surface area contributed by atoms with Gasteiger partial charge in [-0.1, -0.05) is 6.58 Å². The number of pyridine rings is 1. The quantitative estimate of drug-likeness (QED) is 0.488. The molecule has 1 aliphatic rings. The summed E-state index contributed by atoms with van der Waals surface area (Å²) in [5.41, 5.74) is -1.31. The van der Waals surface area contributed by atoms with Gasteiger partial charge < -0.3 is 4.90 Å². The Balaban J connectivity index is 1.76. The van der Waals surface area contributed by atoms with Crippen molar-refractivity contribution in [3.63, 3.8) is 0 Å². The molecule has 0 saturated carbocycles. The number of hydrogen-bond donors (Lipinski definition) is 0. The molecule has 4 heterocycles. The Kier molecular flexibility index (Phi) is 4.21. The van der Waals surface area contributed by atoms with Gasteiger partial charge >= 0.3 is 11.9 Å². The van der Waals surface area contributed by atoms with Gasteiger partial charge in [-0.2, -0.15) is 13.2 Å². The lowest BCUT2D eigenvalue weighted by atomic mass is 10.1. The van der Waals surface area contributed by atoms with Crippen molar-refractivity contribution in [3.8, 4) is 5.69 Å². The summed E-state index contributed by atoms with van der Waals surface area (Å²) in [6, 6.07) is 1.38. The number of carbonyl (C=O) groups is 1. The van der Waals surface area contributed by atoms with Gasteiger partial charge in [0.25, 0.3) is 5.91 Å². The number of fused-ring (bicyclic) bond motifs is 1. The van der Waals surface area contributed by atoms with Crippen LogP contribution in [0.15, 0.2) is 47.9 Å². The van der Waals surface area contributed by atoms with Gasteiger partial charge in [0, 0.05) is 25.5 Å². The summed E-state index contributed by atoms with van der Waals surface area (Å²) in [7, 11) is 0. The highest BCUT2D eigenvalue weighted by atomic mass is 19.4. The molecule has 0 unspecified atom stereocenters. The SMILES string of the molecule is C=C(F)C(=O)N1CC(n2c(=O)n(-c3ccc(C(F)(F)F)nc3)c3nccnc32)C1. The highest BCUT2D eigenvalue weighted by Gasteiger charge is 2.37. The van der Waals surface area contributed by atoms with Crippen molar-refractivity contribution in [1.29, 1.82) is 0 Å². The molecule has 0 N–H and O–H groups in total. The lowest BCUT2D eigenvalue weighted by molar-refractivity contribution is -0.141. The molecule has 8 nitrogen and oxygen atoms in total. The molecule has 150 valence electrons. The summed E-state index contributed by atoms with van der Waals surface area (Å²) in [5.74, 6) is -1.97. The first-order chi connectivity index (χ1) is 13.7. The molecule has 1 saturated heterocycles. The predicted molar refractivity (Wildman–Crippen MR) is 91.8 cm³/mol. The molecule has 0 aliphatic carbocycles. The van der Waals surface area contributed by atoms with E-state index in [1.165, 1.54) is 21.9 Å². The molecule has 12 heteroatoms. The Morgan fingerprint density at radius 2 is 1.76 bits per heavy atom. The number of amides is 1. The second kappa shape index (κ2) is 6.50. The first kappa shape index (κ1) is 18.8. The smallest absolute Gasteiger partial charge is 0.332 e. The summed E-state index contributed by atoms with van der Waals surface area (Å²) in [5, 5.41) is 0. The Bertz CT molecular complexity index is 1180. The maximum atomic E-state index is 13.0. The van der Waals surface area contributed by atoms with E-state index in [0.717, 1.165) is 22.9 Å². The fraction of sp³-hybridized carbons (Fsp3) is 0.235. The van der Waals surface area contributed by atoms with Gasteiger partial charge in [0.15, 0.2) is 17.1 Å². The molecular formula is C17H12F4N6O2. The van der Waals surface area contributed by atoms with Crippen LogP contribution in [0.5, 0.6) is 0 Å². The average Bonchev–Trinajstić information content (AvgIpc) is 2.92. The molecule has 0 aromatic carbocycles. The van der Waals surface area contributed by atoms with Crippen LogP contribution in [0.1, 0.15) is 11.7 Å². The van der Waals surface area contributed by atoms with E-state index in [4.69, 9.17) is 0 Å². The zero-order valence-corrected chi connectivity index (χ0v) is 14.6. The largest absolute Gasteiger partial charge is 0.433 e. The maximum Gasteiger partial charge on any atom is 0.433 e. The lowest BCUT2D eigenvalue weighted by Gasteiger charge is -2.38. The maximum absolute atomic E-state index is 13.0. The number of rotatable bonds is 3. The van der Waals surface area contributed by atoms with Gasteiger partial charge in [0.1, 0.15) is 5.69 Å². The van der Waals surface area contributed by atoms with E-state index < -0.39 is 35.3 Å². The van der Waals surface area contributed by atoms with Gasteiger partial charge in [-0.05, 0) is 12.1 Å². The van der Waals surface area contributed by atoms with E-state index in [1.807, 2.05) is 0 Å². The van der Waals surface area contributed by atoms with Gasteiger partial charge in [0.2, 0.25) is 0 Å². The standard InChI is InChI=1S/C17H12F4N6O2/c1-9(18)15(28)25-7-11(8-25)27-14-13(22-4-5-23-14)26(16(27)29)10-2-3-12(24-6-10)17(19,20)21/h2-6,11H,1,7-8H2. The summed E-state index contributed by atoms with van der Waals surface area (Å²) >= 11 is 0. The number of alkyl halides is 3. The zero-order chi connectivity index (χ0) is 20.9. The van der Waals surface area contributed by atoms with Crippen molar-refractivity contribution >= 4 is 17.2 Å². The monoisotopic (exact) mass is 408 g/mol. The van der Waals surface area contributed by atoms with E-state index in [0.29, 0.717) is 0 Å². The molecule has 29 heavy (non-hydrogen) atoms. The van der Waals surface area contributed by atoms with Crippen LogP contribution in [-0.4, -0.2) is 48.0 Å². The number of aromatic nitrogens is 5. The van der Waals surface area contributed by atoms with Gasteiger partial charge in [-0.3, -0.25) is 9.36 Å². The van der Waals surface area contributed by atoms with Crippen LogP contribution >= 0.6 is 0 Å². The summed E-state index contributed by atoms with van der Waals surface area (Å²) < 4.78 is 53.6. The third-order valence-corrected chi connectivity index (χ3v) is 4.54. The number of carbonyl (C=O) groups excluding carboxylic acids is 1. The summed E-state index contributed by atoms with van der Waals surface area (Å²) in [6.07, 6.45) is -0.992. The van der Waals surface area contributed by atoms with Gasteiger partial charge in [0.05, 0.1) is 17.9 Å². The molecule has 1 fully saturated rings. The molecule has 1 aliphatic heterocycles. The zero-order valence-electron chi connectivity index (χ0n) is 14.6. The molecule has 0 radical (unpaired) electrons. The molecular weight excluding hydrogens is 396 g/mol. The van der Waals surface area contributed by atoms with Crippen molar-refractivity contribution in [3.05, 3.63) is 59.3 Å². The lowest BCUT2D eigenvalue weighted by Crippen LogP contribution is -2.52. The molecule has 3 aromatic rings. The van der Waals surface area contributed by atoms with Crippen LogP contribution in [0.4, 0.5) is 17.6 Å². The summed E-state index contributed by atoms with van der Waals surface area (Å²) in [6.45, 7) is 3.07. The first-order valence-electron chi connectivity index (χ1n) is 8.29. The van der Waals surface area contributed by atoms with Gasteiger partial charge in [-0.25, -0.2) is 28.7 Å². The fourth-order valence-corrected chi connectivity index (χ4v) is 3.14. The highest BCUT2D eigenvalue weighted by Crippen LogP contribution is 2.29. The van der Waals surface area contributed by atoms with Crippen molar-refractivity contribution in [2.45, 2.75) is 12.2 Å². The molecule has 0 bridgehead atoms. The minimum Gasteiger partial charge on any atom is -0.332 e. The summed E-state index contributed by atoms with van der Waals surface area (Å²) in [4.78, 5) is 37.4. The van der Waals surface area contributed by atoms with E-state index >= 15 is 0 Å². The molecule has 1 amide bonds. The van der Waals surface area contributed by atoms with Crippen LogP contribution < -0.4 is 5.69 Å². The minimum absolute atomic E-state index is 0.0582. The first-order valence-corrected chi connectivity index (χ1v) is 8.29. The average molecular weight is 408 g/mol. The third-order valence-electron chi connectivity index (χ3n) is 4.54. The van der Waals surface area contributed by atoms with Crippen LogP contribution in [0.3, 0.4) is 0 Å². The highest BCUT2D eigenvalue weighted by molar-refractivity contribution is 5.91. The van der Waals surface area contributed by atoms with Crippen LogP contribution in [0.25, 0.3) is 17.0 Å². The normalized spacial score (nSPS) is 14.8. The molecule has 0 atom stereocenters. The predicted octanol–water partition coefficient (Wildman–Crippen LogP) is 1.86. The van der Waals surface area contributed by atoms with Crippen LogP contribution in [0, 0.1) is 0 Å². The van der Waals surface area contributed by atoms with E-state index in [2.05, 4.69) is 21.5 Å². The van der Waals surface area contributed by atoms with E-state index in [1.54, 1.807) is 0 Å². The van der Waals surface area contributed by atoms with Crippen molar-refractivity contribution in [2.75, 3.05) is 13.1 Å². The van der Waals surface area contributed by atoms with E-state index in [-0.39, 0.29) is 30.1 Å². The van der Waals surface area contributed by atoms with Crippen molar-refractivity contribution in [1.82, 2.24) is 29.0 Å². The van der Waals surface area contributed by atoms with Crippen LogP contribution in [0.2, 0.25) is 0 Å². The number of imidazole rings is 1. The second-order valence-corrected chi connectivity index (χ2v) is 6.36. The fourth-order valence-electron chi connectivity index (χ4n) is 3.14. The number of nitrogens with zero attached hydrogens (tertiary/aromatic N) is 6. The third kappa shape index (κ3) is 3.05. The second-order valence-electron chi connectivity index (χ2n) is 6.36. The molecule has 4 rings (SSSR count). The van der Waals surface area contributed by atoms with Crippen molar-refractivity contribution in [2.24, 2.45) is 0 Å². The Hall–Kier alpha value is -3.57. The van der Waals surface area contributed by atoms with Crippen molar-refractivity contribution < 1.29 is 22.4 Å². The number of likely N-dealkylation sites (tertiary alicyclic amines) is 1. The van der Waals surface area contributed by atoms with Crippen LogP contribution in [-0.2, 0) is 11.0 Å². The van der Waals surface area contributed by atoms with E-state index in [9.17, 15) is 27.2 Å². The Morgan fingerprint density at radius 3 is 2.31 bits per heavy atom. The number of hydrogen-bond acceptors (Lipinski definition) is 5. The number of halogens is 4. The Morgan fingerprint density at radius 1 is 1.10 bits per heavy atom. The topological polar surface area (TPSA) is 85.9 Å². The Labute approximate surface area is 159 Å². The molecule has 3 aromatic heterocycles.